The van der Waals surface area contributed by atoms with Gasteiger partial charge in [-0.05, 0) is 58.4 Å². The third-order valence-corrected chi connectivity index (χ3v) is 5.48. The van der Waals surface area contributed by atoms with Crippen LogP contribution in [0.5, 0.6) is 11.5 Å². The van der Waals surface area contributed by atoms with E-state index in [1.54, 1.807) is 19.1 Å². The molecule has 1 aliphatic heterocycles. The van der Waals surface area contributed by atoms with Crippen LogP contribution in [-0.2, 0) is 23.7 Å². The second-order valence-electron chi connectivity index (χ2n) is 8.92. The van der Waals surface area contributed by atoms with Crippen LogP contribution < -0.4 is 9.47 Å². The molecule has 0 bridgehead atoms. The largest absolute Gasteiger partial charge is 0.503 e. The highest BCUT2D eigenvalue weighted by atomic mass is 16.6. The average Bonchev–Trinajstić information content (AvgIpc) is 2.81. The molecule has 2 rings (SSSR count). The van der Waals surface area contributed by atoms with Crippen molar-refractivity contribution in [1.29, 1.82) is 0 Å². The van der Waals surface area contributed by atoms with E-state index in [0.717, 1.165) is 5.56 Å². The molecular weight excluding hydrogens is 436 g/mol. The molecule has 1 aromatic rings. The van der Waals surface area contributed by atoms with Gasteiger partial charge in [0.1, 0.15) is 23.5 Å². The number of methoxy groups -OCH3 is 3. The Morgan fingerprint density at radius 2 is 1.82 bits per heavy atom. The predicted molar refractivity (Wildman–Crippen MR) is 132 cm³/mol. The molecule has 0 saturated heterocycles. The standard InChI is InChI=1S/C27H36O7/c1-10-26(3,4)34-27(5,6)24-17-32-22-14-12-19(15-23(22)33-24)11-13-21(30-8)18(2)20(16-29-7)25(28)31-9/h10-16,24H,1,17H2,2-9H3/b13-11+,20-16+,21-18+. The third-order valence-electron chi connectivity index (χ3n) is 5.48. The van der Waals surface area contributed by atoms with E-state index in [1.165, 1.54) is 27.6 Å². The third kappa shape index (κ3) is 6.67. The van der Waals surface area contributed by atoms with Gasteiger partial charge in [-0.3, -0.25) is 0 Å². The lowest BCUT2D eigenvalue weighted by atomic mass is 9.98. The van der Waals surface area contributed by atoms with Gasteiger partial charge in [-0.25, -0.2) is 4.79 Å². The summed E-state index contributed by atoms with van der Waals surface area (Å²) in [5, 5.41) is 0. The number of esters is 1. The first kappa shape index (κ1) is 27.1. The lowest BCUT2D eigenvalue weighted by molar-refractivity contribution is -0.158. The van der Waals surface area contributed by atoms with Gasteiger partial charge in [0.25, 0.3) is 0 Å². The Morgan fingerprint density at radius 3 is 2.41 bits per heavy atom. The van der Waals surface area contributed by atoms with Gasteiger partial charge in [0, 0.05) is 5.57 Å². The van der Waals surface area contributed by atoms with Crippen LogP contribution in [0.2, 0.25) is 0 Å². The average molecular weight is 473 g/mol. The van der Waals surface area contributed by atoms with Crippen LogP contribution in [0, 0.1) is 0 Å². The Bertz CT molecular complexity index is 983. The Hall–Kier alpha value is -3.19. The highest BCUT2D eigenvalue weighted by Gasteiger charge is 2.39. The quantitative estimate of drug-likeness (QED) is 0.152. The summed E-state index contributed by atoms with van der Waals surface area (Å²) in [4.78, 5) is 12.1. The zero-order chi connectivity index (χ0) is 25.5. The molecule has 186 valence electrons. The molecular formula is C27H36O7. The molecule has 0 fully saturated rings. The topological polar surface area (TPSA) is 72.5 Å². The van der Waals surface area contributed by atoms with E-state index in [9.17, 15) is 4.79 Å². The molecule has 0 aromatic heterocycles. The number of fused-ring (bicyclic) bond motifs is 1. The molecule has 7 nitrogen and oxygen atoms in total. The highest BCUT2D eigenvalue weighted by molar-refractivity contribution is 5.93. The lowest BCUT2D eigenvalue weighted by Crippen LogP contribution is -2.51. The minimum Gasteiger partial charge on any atom is -0.503 e. The van der Waals surface area contributed by atoms with E-state index in [-0.39, 0.29) is 11.7 Å². The van der Waals surface area contributed by atoms with Gasteiger partial charge in [0.2, 0.25) is 0 Å². The minimum absolute atomic E-state index is 0.265. The van der Waals surface area contributed by atoms with Crippen molar-refractivity contribution in [2.75, 3.05) is 27.9 Å². The smallest absolute Gasteiger partial charge is 0.341 e. The van der Waals surface area contributed by atoms with Gasteiger partial charge < -0.3 is 28.4 Å². The summed E-state index contributed by atoms with van der Waals surface area (Å²) in [7, 11) is 4.31. The highest BCUT2D eigenvalue weighted by Crippen LogP contribution is 2.37. The number of hydrogen-bond donors (Lipinski definition) is 0. The van der Waals surface area contributed by atoms with Crippen LogP contribution in [0.1, 0.15) is 40.2 Å². The molecule has 0 N–H and O–H groups in total. The minimum atomic E-state index is -0.609. The van der Waals surface area contributed by atoms with Gasteiger partial charge >= 0.3 is 5.97 Å². The van der Waals surface area contributed by atoms with Gasteiger partial charge in [0.15, 0.2) is 17.6 Å². The van der Waals surface area contributed by atoms with Crippen LogP contribution in [0.3, 0.4) is 0 Å². The molecule has 0 amide bonds. The monoisotopic (exact) mass is 472 g/mol. The number of rotatable bonds is 10. The van der Waals surface area contributed by atoms with Crippen molar-refractivity contribution in [3.05, 3.63) is 65.7 Å². The Kier molecular flexibility index (Phi) is 8.99. The number of hydrogen-bond acceptors (Lipinski definition) is 7. The maximum Gasteiger partial charge on any atom is 0.341 e. The van der Waals surface area contributed by atoms with Crippen LogP contribution in [0.25, 0.3) is 6.08 Å². The van der Waals surface area contributed by atoms with Crippen molar-refractivity contribution >= 4 is 12.0 Å². The summed E-state index contributed by atoms with van der Waals surface area (Å²) < 4.78 is 33.8. The fourth-order valence-electron chi connectivity index (χ4n) is 3.49. The van der Waals surface area contributed by atoms with Crippen LogP contribution >= 0.6 is 0 Å². The number of allylic oxidation sites excluding steroid dienone is 1. The van der Waals surface area contributed by atoms with E-state index >= 15 is 0 Å². The van der Waals surface area contributed by atoms with E-state index in [0.29, 0.717) is 29.4 Å². The van der Waals surface area contributed by atoms with Crippen molar-refractivity contribution in [3.63, 3.8) is 0 Å². The van der Waals surface area contributed by atoms with Crippen molar-refractivity contribution < 1.29 is 33.2 Å². The van der Waals surface area contributed by atoms with Crippen LogP contribution in [0.4, 0.5) is 0 Å². The molecule has 1 heterocycles. The zero-order valence-corrected chi connectivity index (χ0v) is 21.4. The first-order chi connectivity index (χ1) is 16.0. The van der Waals surface area contributed by atoms with Gasteiger partial charge in [-0.1, -0.05) is 18.2 Å². The van der Waals surface area contributed by atoms with E-state index < -0.39 is 17.2 Å². The number of carbonyl (C=O) groups is 1. The summed E-state index contributed by atoms with van der Waals surface area (Å²) in [6, 6.07) is 5.67. The first-order valence-electron chi connectivity index (χ1n) is 11.0. The molecule has 1 aromatic carbocycles. The predicted octanol–water partition coefficient (Wildman–Crippen LogP) is 5.22. The summed E-state index contributed by atoms with van der Waals surface area (Å²) in [6.07, 6.45) is 6.42. The summed E-state index contributed by atoms with van der Waals surface area (Å²) in [5.41, 5.74) is 0.599. The number of ether oxygens (including phenoxy) is 6. The van der Waals surface area contributed by atoms with E-state index in [1.807, 2.05) is 52.0 Å². The summed E-state index contributed by atoms with van der Waals surface area (Å²) in [6.45, 7) is 13.8. The fourth-order valence-corrected chi connectivity index (χ4v) is 3.49. The Balaban J connectivity index is 2.29. The molecule has 1 aliphatic rings. The van der Waals surface area contributed by atoms with Crippen molar-refractivity contribution in [2.24, 2.45) is 0 Å². The SMILES string of the molecule is C=CC(C)(C)OC(C)(C)C1COc2ccc(/C=C/C(OC)=C(C)\C(=C/OC)C(=O)OC)cc2O1. The van der Waals surface area contributed by atoms with Gasteiger partial charge in [-0.15, -0.1) is 6.58 Å². The number of carbonyl (C=O) groups excluding carboxylic acids is 1. The van der Waals surface area contributed by atoms with Crippen molar-refractivity contribution in [2.45, 2.75) is 51.9 Å². The molecule has 1 unspecified atom stereocenters. The number of benzene rings is 1. The summed E-state index contributed by atoms with van der Waals surface area (Å²) >= 11 is 0. The Labute approximate surface area is 202 Å². The second kappa shape index (κ2) is 11.3. The van der Waals surface area contributed by atoms with E-state index in [4.69, 9.17) is 28.4 Å². The molecule has 0 aliphatic carbocycles. The zero-order valence-electron chi connectivity index (χ0n) is 21.4. The van der Waals surface area contributed by atoms with E-state index in [2.05, 4.69) is 6.58 Å². The molecule has 1 atom stereocenters. The maximum atomic E-state index is 12.1. The Morgan fingerprint density at radius 1 is 1.12 bits per heavy atom. The van der Waals surface area contributed by atoms with Crippen molar-refractivity contribution in [3.8, 4) is 11.5 Å². The lowest BCUT2D eigenvalue weighted by Gasteiger charge is -2.41. The molecule has 0 spiro atoms. The first-order valence-corrected chi connectivity index (χ1v) is 11.0. The van der Waals surface area contributed by atoms with Crippen LogP contribution in [0.15, 0.2) is 60.1 Å². The summed E-state index contributed by atoms with van der Waals surface area (Å²) in [5.74, 6) is 1.27. The normalized spacial score (nSPS) is 17.2. The molecule has 0 radical (unpaired) electrons. The fraction of sp³-hybridized carbons (Fsp3) is 0.444. The molecule has 7 heteroatoms. The van der Waals surface area contributed by atoms with Crippen LogP contribution in [-0.4, -0.2) is 51.2 Å². The van der Waals surface area contributed by atoms with Gasteiger partial charge in [-0.2, -0.15) is 0 Å². The van der Waals surface area contributed by atoms with Crippen molar-refractivity contribution in [1.82, 2.24) is 0 Å². The molecule has 0 saturated carbocycles. The second-order valence-corrected chi connectivity index (χ2v) is 8.92. The van der Waals surface area contributed by atoms with Gasteiger partial charge in [0.05, 0.1) is 33.2 Å². The maximum absolute atomic E-state index is 12.1. The molecule has 34 heavy (non-hydrogen) atoms.